The number of aryl methyl sites for hydroxylation is 1. The molecule has 1 fully saturated rings. The van der Waals surface area contributed by atoms with Crippen LogP contribution in [0.3, 0.4) is 0 Å². The lowest BCUT2D eigenvalue weighted by Crippen LogP contribution is -2.51. The van der Waals surface area contributed by atoms with Crippen molar-refractivity contribution >= 4 is 36.0 Å². The fourth-order valence-corrected chi connectivity index (χ4v) is 3.28. The van der Waals surface area contributed by atoms with Crippen molar-refractivity contribution in [2.45, 2.75) is 52.0 Å². The Bertz CT molecular complexity index is 656. The van der Waals surface area contributed by atoms with Gasteiger partial charge in [0.25, 0.3) is 0 Å². The Kier molecular flexibility index (Phi) is 10.1. The average Bonchev–Trinajstić information content (AvgIpc) is 2.66. The van der Waals surface area contributed by atoms with Crippen LogP contribution < -0.4 is 10.6 Å². The Morgan fingerprint density at radius 2 is 2.00 bits per heavy atom. The van der Waals surface area contributed by atoms with Gasteiger partial charge in [-0.05, 0) is 32.3 Å². The number of carbonyl (C=O) groups excluding carboxylic acids is 1. The van der Waals surface area contributed by atoms with E-state index in [1.165, 1.54) is 11.1 Å². The molecule has 6 nitrogen and oxygen atoms in total. The Morgan fingerprint density at radius 1 is 1.32 bits per heavy atom. The summed E-state index contributed by atoms with van der Waals surface area (Å²) in [5.74, 6) is 0.810. The SMILES string of the molecule is CCOC(=O)N1CCC(NC(=NC)NCC(C)(C)c2cccc(C)c2)CC1.I. The molecule has 2 rings (SSSR count). The molecule has 1 aliphatic heterocycles. The fourth-order valence-electron chi connectivity index (χ4n) is 3.28. The lowest BCUT2D eigenvalue weighted by molar-refractivity contribution is 0.0963. The van der Waals surface area contributed by atoms with Crippen molar-refractivity contribution < 1.29 is 9.53 Å². The topological polar surface area (TPSA) is 66.0 Å². The van der Waals surface area contributed by atoms with E-state index in [-0.39, 0.29) is 35.5 Å². The molecule has 0 saturated carbocycles. The van der Waals surface area contributed by atoms with E-state index in [1.54, 1.807) is 11.9 Å². The second-order valence-corrected chi connectivity index (χ2v) is 7.78. The number of aliphatic imine (C=N–C) groups is 1. The van der Waals surface area contributed by atoms with Crippen LogP contribution >= 0.6 is 24.0 Å². The maximum atomic E-state index is 11.8. The molecule has 0 atom stereocenters. The molecule has 1 aromatic rings. The number of ether oxygens (including phenoxy) is 1. The smallest absolute Gasteiger partial charge is 0.409 e. The van der Waals surface area contributed by atoms with E-state index in [9.17, 15) is 4.79 Å². The third kappa shape index (κ3) is 7.14. The Hall–Kier alpha value is -1.51. The monoisotopic (exact) mass is 502 g/mol. The van der Waals surface area contributed by atoms with Gasteiger partial charge < -0.3 is 20.3 Å². The van der Waals surface area contributed by atoms with Gasteiger partial charge in [0.05, 0.1) is 6.61 Å². The van der Waals surface area contributed by atoms with E-state index >= 15 is 0 Å². The van der Waals surface area contributed by atoms with Gasteiger partial charge in [-0.1, -0.05) is 43.7 Å². The summed E-state index contributed by atoms with van der Waals surface area (Å²) in [5, 5.41) is 6.96. The quantitative estimate of drug-likeness (QED) is 0.367. The molecule has 1 amide bonds. The zero-order chi connectivity index (χ0) is 19.9. The minimum absolute atomic E-state index is 0. The molecule has 0 bridgehead atoms. The number of carbonyl (C=O) groups is 1. The van der Waals surface area contributed by atoms with Crippen molar-refractivity contribution in [1.29, 1.82) is 0 Å². The summed E-state index contributed by atoms with van der Waals surface area (Å²) in [6.07, 6.45) is 1.57. The second-order valence-electron chi connectivity index (χ2n) is 7.78. The Morgan fingerprint density at radius 3 is 2.57 bits per heavy atom. The Balaban J connectivity index is 0.00000392. The molecule has 0 unspecified atom stereocenters. The van der Waals surface area contributed by atoms with Crippen LogP contribution in [0.1, 0.15) is 44.7 Å². The molecule has 1 aromatic carbocycles. The van der Waals surface area contributed by atoms with Crippen molar-refractivity contribution in [3.63, 3.8) is 0 Å². The molecular formula is C21H35IN4O2. The summed E-state index contributed by atoms with van der Waals surface area (Å²) in [6, 6.07) is 8.95. The van der Waals surface area contributed by atoms with Crippen LogP contribution in [0.2, 0.25) is 0 Å². The minimum Gasteiger partial charge on any atom is -0.450 e. The maximum Gasteiger partial charge on any atom is 0.409 e. The number of hydrogen-bond donors (Lipinski definition) is 2. The van der Waals surface area contributed by atoms with E-state index in [0.29, 0.717) is 25.7 Å². The molecule has 7 heteroatoms. The highest BCUT2D eigenvalue weighted by Gasteiger charge is 2.25. The van der Waals surface area contributed by atoms with Gasteiger partial charge in [0.15, 0.2) is 5.96 Å². The Labute approximate surface area is 186 Å². The van der Waals surface area contributed by atoms with Gasteiger partial charge in [-0.2, -0.15) is 0 Å². The number of benzene rings is 1. The number of nitrogens with one attached hydrogen (secondary N) is 2. The van der Waals surface area contributed by atoms with Crippen LogP contribution in [-0.4, -0.2) is 56.3 Å². The molecule has 2 N–H and O–H groups in total. The number of halogens is 1. The summed E-state index contributed by atoms with van der Waals surface area (Å²) in [6.45, 7) is 11.1. The molecule has 1 aliphatic rings. The van der Waals surface area contributed by atoms with Gasteiger partial charge in [-0.3, -0.25) is 4.99 Å². The fraction of sp³-hybridized carbons (Fsp3) is 0.619. The van der Waals surface area contributed by atoms with Gasteiger partial charge in [0.2, 0.25) is 0 Å². The average molecular weight is 502 g/mol. The first-order chi connectivity index (χ1) is 12.9. The summed E-state index contributed by atoms with van der Waals surface area (Å²) in [4.78, 5) is 17.9. The number of guanidine groups is 1. The molecule has 0 radical (unpaired) electrons. The van der Waals surface area contributed by atoms with Crippen LogP contribution in [0.25, 0.3) is 0 Å². The first kappa shape index (κ1) is 24.5. The van der Waals surface area contributed by atoms with Crippen molar-refractivity contribution in [2.75, 3.05) is 33.3 Å². The number of amides is 1. The number of hydrogen-bond acceptors (Lipinski definition) is 3. The lowest BCUT2D eigenvalue weighted by Gasteiger charge is -2.33. The maximum absolute atomic E-state index is 11.8. The summed E-state index contributed by atoms with van der Waals surface area (Å²) < 4.78 is 5.08. The minimum atomic E-state index is -0.210. The predicted octanol–water partition coefficient (Wildman–Crippen LogP) is 3.68. The van der Waals surface area contributed by atoms with Crippen LogP contribution in [-0.2, 0) is 10.2 Å². The highest BCUT2D eigenvalue weighted by atomic mass is 127. The zero-order valence-corrected chi connectivity index (χ0v) is 20.1. The van der Waals surface area contributed by atoms with Crippen molar-refractivity contribution in [3.05, 3.63) is 35.4 Å². The van der Waals surface area contributed by atoms with Crippen molar-refractivity contribution in [2.24, 2.45) is 4.99 Å². The summed E-state index contributed by atoms with van der Waals surface area (Å²) >= 11 is 0. The van der Waals surface area contributed by atoms with E-state index in [1.807, 2.05) is 6.92 Å². The standard InChI is InChI=1S/C21H34N4O2.HI/c1-6-27-20(26)25-12-10-18(11-13-25)24-19(22-5)23-15-21(3,4)17-9-7-8-16(2)14-17;/h7-9,14,18H,6,10-13,15H2,1-5H3,(H2,22,23,24);1H. The molecule has 1 saturated heterocycles. The first-order valence-electron chi connectivity index (χ1n) is 9.81. The highest BCUT2D eigenvalue weighted by Crippen LogP contribution is 2.23. The molecule has 0 aliphatic carbocycles. The summed E-state index contributed by atoms with van der Waals surface area (Å²) in [7, 11) is 1.79. The second kappa shape index (κ2) is 11.5. The predicted molar refractivity (Wildman–Crippen MR) is 126 cm³/mol. The van der Waals surface area contributed by atoms with Gasteiger partial charge >= 0.3 is 6.09 Å². The van der Waals surface area contributed by atoms with Crippen LogP contribution in [0.4, 0.5) is 4.79 Å². The molecule has 0 spiro atoms. The van der Waals surface area contributed by atoms with Gasteiger partial charge in [-0.25, -0.2) is 4.79 Å². The molecule has 158 valence electrons. The number of piperidine rings is 1. The largest absolute Gasteiger partial charge is 0.450 e. The first-order valence-corrected chi connectivity index (χ1v) is 9.81. The van der Waals surface area contributed by atoms with Gasteiger partial charge in [0, 0.05) is 38.1 Å². The molecule has 0 aromatic heterocycles. The number of rotatable bonds is 5. The highest BCUT2D eigenvalue weighted by molar-refractivity contribution is 14.0. The van der Waals surface area contributed by atoms with Gasteiger partial charge in [0.1, 0.15) is 0 Å². The number of nitrogens with zero attached hydrogens (tertiary/aromatic N) is 2. The third-order valence-electron chi connectivity index (χ3n) is 5.08. The van der Waals surface area contributed by atoms with Crippen molar-refractivity contribution in [3.8, 4) is 0 Å². The van der Waals surface area contributed by atoms with Crippen LogP contribution in [0, 0.1) is 6.92 Å². The van der Waals surface area contributed by atoms with E-state index in [2.05, 4.69) is 60.7 Å². The summed E-state index contributed by atoms with van der Waals surface area (Å²) in [5.41, 5.74) is 2.58. The van der Waals surface area contributed by atoms with E-state index < -0.39 is 0 Å². The van der Waals surface area contributed by atoms with E-state index in [0.717, 1.165) is 25.3 Å². The molecule has 28 heavy (non-hydrogen) atoms. The molecule has 1 heterocycles. The lowest BCUT2D eigenvalue weighted by atomic mass is 9.84. The van der Waals surface area contributed by atoms with Crippen molar-refractivity contribution in [1.82, 2.24) is 15.5 Å². The third-order valence-corrected chi connectivity index (χ3v) is 5.08. The number of likely N-dealkylation sites (tertiary alicyclic amines) is 1. The van der Waals surface area contributed by atoms with Crippen LogP contribution in [0.15, 0.2) is 29.3 Å². The van der Waals surface area contributed by atoms with E-state index in [4.69, 9.17) is 4.74 Å². The van der Waals surface area contributed by atoms with Gasteiger partial charge in [-0.15, -0.1) is 24.0 Å². The zero-order valence-electron chi connectivity index (χ0n) is 17.7. The van der Waals surface area contributed by atoms with Crippen LogP contribution in [0.5, 0.6) is 0 Å². The normalized spacial score (nSPS) is 15.6. The molecular weight excluding hydrogens is 467 g/mol.